The first-order valence-electron chi connectivity index (χ1n) is 1.60. The van der Waals surface area contributed by atoms with Crippen LogP contribution in [0.2, 0.25) is 0 Å². The van der Waals surface area contributed by atoms with E-state index >= 15 is 0 Å². The molecular weight excluding hydrogens is 114 g/mol. The van der Waals surface area contributed by atoms with Crippen molar-refractivity contribution < 1.29 is 9.87 Å². The number of nitrogens with zero attached hydrogens (tertiary/aromatic N) is 3. The van der Waals surface area contributed by atoms with E-state index in [1.54, 1.807) is 0 Å². The summed E-state index contributed by atoms with van der Waals surface area (Å²) in [5, 5.41) is 16.3. The Hall–Kier alpha value is -1.35. The SMILES string of the molecule is CON(C#N)[N+](=O)[O-]. The number of hydrazine groups is 1. The third kappa shape index (κ3) is 1.40. The van der Waals surface area contributed by atoms with E-state index in [0.717, 1.165) is 13.3 Å². The van der Waals surface area contributed by atoms with Gasteiger partial charge in [0, 0.05) is 0 Å². The van der Waals surface area contributed by atoms with E-state index in [0.29, 0.717) is 0 Å². The zero-order chi connectivity index (χ0) is 6.57. The molecule has 0 atom stereocenters. The summed E-state index contributed by atoms with van der Waals surface area (Å²) in [5.74, 6) is 0. The molecule has 0 amide bonds. The second kappa shape index (κ2) is 2.76. The van der Waals surface area contributed by atoms with Crippen molar-refractivity contribution in [3.8, 4) is 6.19 Å². The minimum atomic E-state index is -0.972. The predicted molar refractivity (Wildman–Crippen MR) is 21.5 cm³/mol. The average Bonchev–Trinajstić information content (AvgIpc) is 1.69. The average molecular weight is 117 g/mol. The summed E-state index contributed by atoms with van der Waals surface area (Å²) < 4.78 is 0. The number of hydrogen-bond acceptors (Lipinski definition) is 4. The number of nitriles is 1. The second-order valence-electron chi connectivity index (χ2n) is 0.793. The van der Waals surface area contributed by atoms with E-state index in [4.69, 9.17) is 5.26 Å². The molecule has 0 N–H and O–H groups in total. The highest BCUT2D eigenvalue weighted by atomic mass is 16.8. The predicted octanol–water partition coefficient (Wildman–Crippen LogP) is -0.477. The third-order valence-electron chi connectivity index (χ3n) is 0.407. The van der Waals surface area contributed by atoms with E-state index in [9.17, 15) is 10.1 Å². The molecule has 0 saturated heterocycles. The Morgan fingerprint density at radius 1 is 2.00 bits per heavy atom. The van der Waals surface area contributed by atoms with E-state index in [1.165, 1.54) is 0 Å². The molecular formula is C2H3N3O3. The van der Waals surface area contributed by atoms with Crippen LogP contribution in [0, 0.1) is 21.6 Å². The van der Waals surface area contributed by atoms with Gasteiger partial charge in [0.2, 0.25) is 5.03 Å². The van der Waals surface area contributed by atoms with Crippen LogP contribution in [0.1, 0.15) is 0 Å². The van der Waals surface area contributed by atoms with Gasteiger partial charge in [0.15, 0.2) is 0 Å². The molecule has 0 fully saturated rings. The van der Waals surface area contributed by atoms with Crippen molar-refractivity contribution in [1.82, 2.24) is 5.17 Å². The van der Waals surface area contributed by atoms with Crippen LogP contribution in [-0.4, -0.2) is 17.3 Å². The Kier molecular flexibility index (Phi) is 2.30. The molecule has 0 heterocycles. The van der Waals surface area contributed by atoms with Crippen molar-refractivity contribution in [2.24, 2.45) is 0 Å². The largest absolute Gasteiger partial charge is 0.280 e. The number of hydrogen-bond donors (Lipinski definition) is 0. The molecule has 0 spiro atoms. The molecule has 0 bridgehead atoms. The van der Waals surface area contributed by atoms with Crippen molar-refractivity contribution >= 4 is 0 Å². The van der Waals surface area contributed by atoms with E-state index in [-0.39, 0.29) is 5.17 Å². The van der Waals surface area contributed by atoms with E-state index < -0.39 is 5.03 Å². The smallest absolute Gasteiger partial charge is 0.232 e. The molecule has 0 aliphatic heterocycles. The molecule has 0 aliphatic rings. The third-order valence-corrected chi connectivity index (χ3v) is 0.407. The molecule has 0 aromatic heterocycles. The summed E-state index contributed by atoms with van der Waals surface area (Å²) >= 11 is 0. The van der Waals surface area contributed by atoms with Crippen LogP contribution in [0.25, 0.3) is 0 Å². The van der Waals surface area contributed by atoms with Gasteiger partial charge in [0.1, 0.15) is 5.17 Å². The fourth-order valence-corrected chi connectivity index (χ4v) is 0.144. The molecule has 44 valence electrons. The molecule has 0 aromatic carbocycles. The van der Waals surface area contributed by atoms with Crippen LogP contribution in [0.4, 0.5) is 0 Å². The van der Waals surface area contributed by atoms with Gasteiger partial charge in [-0.25, -0.2) is 15.0 Å². The monoisotopic (exact) mass is 117 g/mol. The Labute approximate surface area is 44.9 Å². The lowest BCUT2D eigenvalue weighted by Gasteiger charge is -1.95. The van der Waals surface area contributed by atoms with Crippen molar-refractivity contribution in [2.45, 2.75) is 0 Å². The van der Waals surface area contributed by atoms with Gasteiger partial charge in [-0.05, 0) is 0 Å². The molecule has 0 saturated carbocycles. The Morgan fingerprint density at radius 3 is 2.50 bits per heavy atom. The highest BCUT2D eigenvalue weighted by molar-refractivity contribution is 4.51. The van der Waals surface area contributed by atoms with Crippen LogP contribution in [0.5, 0.6) is 0 Å². The first-order chi connectivity index (χ1) is 3.72. The van der Waals surface area contributed by atoms with Gasteiger partial charge in [0.05, 0.1) is 7.11 Å². The maximum absolute atomic E-state index is 9.55. The minimum absolute atomic E-state index is 0.0556. The molecule has 0 rings (SSSR count). The molecule has 0 aromatic rings. The number of rotatable bonds is 2. The van der Waals surface area contributed by atoms with Gasteiger partial charge in [-0.3, -0.25) is 0 Å². The lowest BCUT2D eigenvalue weighted by molar-refractivity contribution is -0.709. The highest BCUT2D eigenvalue weighted by Gasteiger charge is 2.09. The standard InChI is InChI=1S/C2H3N3O3/c1-8-4(2-3)5(6)7/h1H3. The van der Waals surface area contributed by atoms with Crippen LogP contribution < -0.4 is 0 Å². The summed E-state index contributed by atoms with van der Waals surface area (Å²) in [6.45, 7) is 0. The summed E-state index contributed by atoms with van der Waals surface area (Å²) in [4.78, 5) is 13.5. The van der Waals surface area contributed by atoms with Crippen molar-refractivity contribution in [3.05, 3.63) is 10.1 Å². The summed E-state index contributed by atoms with van der Waals surface area (Å²) in [6.07, 6.45) is 1.16. The van der Waals surface area contributed by atoms with Crippen LogP contribution in [-0.2, 0) is 4.84 Å². The summed E-state index contributed by atoms with van der Waals surface area (Å²) in [7, 11) is 1.03. The van der Waals surface area contributed by atoms with E-state index in [2.05, 4.69) is 4.84 Å². The maximum atomic E-state index is 9.55. The number of nitro groups is 1. The van der Waals surface area contributed by atoms with Gasteiger partial charge in [-0.1, -0.05) is 0 Å². The molecule has 6 heteroatoms. The Morgan fingerprint density at radius 2 is 2.50 bits per heavy atom. The number of hydroxylamine groups is 1. The quantitative estimate of drug-likeness (QED) is 0.211. The summed E-state index contributed by atoms with van der Waals surface area (Å²) in [6, 6.07) is 0. The van der Waals surface area contributed by atoms with Crippen molar-refractivity contribution in [1.29, 1.82) is 5.26 Å². The van der Waals surface area contributed by atoms with E-state index in [1.807, 2.05) is 0 Å². The first kappa shape index (κ1) is 6.65. The Balaban J connectivity index is 3.76. The summed E-state index contributed by atoms with van der Waals surface area (Å²) in [5.41, 5.74) is 0. The van der Waals surface area contributed by atoms with Gasteiger partial charge >= 0.3 is 0 Å². The Bertz CT molecular complexity index is 127. The first-order valence-corrected chi connectivity index (χ1v) is 1.60. The topological polar surface area (TPSA) is 79.4 Å². The van der Waals surface area contributed by atoms with Crippen LogP contribution >= 0.6 is 0 Å². The van der Waals surface area contributed by atoms with Crippen molar-refractivity contribution in [3.63, 3.8) is 0 Å². The molecule has 0 unspecified atom stereocenters. The zero-order valence-electron chi connectivity index (χ0n) is 4.07. The minimum Gasteiger partial charge on any atom is -0.232 e. The fourth-order valence-electron chi connectivity index (χ4n) is 0.144. The van der Waals surface area contributed by atoms with Gasteiger partial charge in [0.25, 0.3) is 6.19 Å². The van der Waals surface area contributed by atoms with Crippen molar-refractivity contribution in [2.75, 3.05) is 7.11 Å². The zero-order valence-corrected chi connectivity index (χ0v) is 4.07. The lowest BCUT2D eigenvalue weighted by Crippen LogP contribution is -2.22. The van der Waals surface area contributed by atoms with Crippen LogP contribution in [0.3, 0.4) is 0 Å². The second-order valence-corrected chi connectivity index (χ2v) is 0.793. The maximum Gasteiger partial charge on any atom is 0.280 e. The molecule has 6 nitrogen and oxygen atoms in total. The molecule has 0 aliphatic carbocycles. The highest BCUT2D eigenvalue weighted by Crippen LogP contribution is 1.81. The van der Waals surface area contributed by atoms with Gasteiger partial charge in [-0.2, -0.15) is 5.26 Å². The fraction of sp³-hybridized carbons (Fsp3) is 0.500. The molecule has 8 heavy (non-hydrogen) atoms. The van der Waals surface area contributed by atoms with Crippen LogP contribution in [0.15, 0.2) is 0 Å². The van der Waals surface area contributed by atoms with Gasteiger partial charge in [-0.15, -0.1) is 0 Å². The van der Waals surface area contributed by atoms with Gasteiger partial charge < -0.3 is 0 Å². The lowest BCUT2D eigenvalue weighted by atomic mass is 11.4. The normalized spacial score (nSPS) is 7.50. The molecule has 0 radical (unpaired) electrons.